The van der Waals surface area contributed by atoms with E-state index in [0.717, 1.165) is 44.9 Å². The molecule has 33 heavy (non-hydrogen) atoms. The number of aliphatic hydroxyl groups is 2. The molecule has 0 aliphatic rings. The monoisotopic (exact) mass is 463 g/mol. The van der Waals surface area contributed by atoms with Gasteiger partial charge in [-0.05, 0) is 38.5 Å². The van der Waals surface area contributed by atoms with Crippen LogP contribution in [0, 0.1) is 0 Å². The molecule has 2 unspecified atom stereocenters. The maximum Gasteiger partial charge on any atom is 0.220 e. The fraction of sp³-hybridized carbons (Fsp3) is 0.759. The highest BCUT2D eigenvalue weighted by molar-refractivity contribution is 5.76. The van der Waals surface area contributed by atoms with Crippen LogP contribution in [0.5, 0.6) is 0 Å². The van der Waals surface area contributed by atoms with Gasteiger partial charge in [-0.15, -0.1) is 0 Å². The van der Waals surface area contributed by atoms with Gasteiger partial charge in [0, 0.05) is 6.42 Å². The Morgan fingerprint density at radius 3 is 1.70 bits per heavy atom. The number of carbonyl (C=O) groups is 1. The Labute approximate surface area is 204 Å². The highest BCUT2D eigenvalue weighted by Crippen LogP contribution is 2.11. The summed E-state index contributed by atoms with van der Waals surface area (Å²) in [5, 5.41) is 22.6. The summed E-state index contributed by atoms with van der Waals surface area (Å²) in [6.45, 7) is 4.16. The average Bonchev–Trinajstić information content (AvgIpc) is 2.82. The molecule has 0 rings (SSSR count). The van der Waals surface area contributed by atoms with Gasteiger partial charge in [0.15, 0.2) is 0 Å². The van der Waals surface area contributed by atoms with Crippen molar-refractivity contribution in [2.24, 2.45) is 0 Å². The first-order chi connectivity index (χ1) is 16.2. The van der Waals surface area contributed by atoms with E-state index in [1.54, 1.807) is 6.08 Å². The standard InChI is InChI=1S/C29H53NO3/c1-3-5-7-9-11-13-15-16-18-20-22-24-28(32)27(26-31)30-29(33)25-23-21-19-17-14-12-10-8-6-4-2/h7,9,15-16,22,24,27-28,31-32H,3-6,8,10-14,17-21,23,25-26H2,1-2H3,(H,30,33)/b9-7+,16-15+,24-22+. The molecule has 0 heterocycles. The third kappa shape index (κ3) is 22.2. The van der Waals surface area contributed by atoms with Crippen LogP contribution < -0.4 is 5.32 Å². The molecule has 0 saturated heterocycles. The molecular weight excluding hydrogens is 410 g/mol. The zero-order chi connectivity index (χ0) is 24.4. The highest BCUT2D eigenvalue weighted by atomic mass is 16.3. The molecule has 0 spiro atoms. The normalized spacial score (nSPS) is 13.9. The van der Waals surface area contributed by atoms with Crippen molar-refractivity contribution in [2.45, 2.75) is 135 Å². The summed E-state index contributed by atoms with van der Waals surface area (Å²) in [5.41, 5.74) is 0. The lowest BCUT2D eigenvalue weighted by molar-refractivity contribution is -0.123. The van der Waals surface area contributed by atoms with E-state index >= 15 is 0 Å². The van der Waals surface area contributed by atoms with Crippen LogP contribution >= 0.6 is 0 Å². The molecule has 2 atom stereocenters. The molecule has 0 aromatic carbocycles. The molecular formula is C29H53NO3. The summed E-state index contributed by atoms with van der Waals surface area (Å²) < 4.78 is 0. The Hall–Kier alpha value is -1.39. The second-order valence-corrected chi connectivity index (χ2v) is 9.09. The first-order valence-electron chi connectivity index (χ1n) is 13.7. The van der Waals surface area contributed by atoms with Gasteiger partial charge in [0.1, 0.15) is 0 Å². The maximum atomic E-state index is 12.1. The van der Waals surface area contributed by atoms with Crippen LogP contribution in [0.15, 0.2) is 36.5 Å². The van der Waals surface area contributed by atoms with E-state index in [-0.39, 0.29) is 12.5 Å². The molecule has 0 aliphatic carbocycles. The number of allylic oxidation sites excluding steroid dienone is 5. The minimum atomic E-state index is -0.862. The van der Waals surface area contributed by atoms with Crippen LogP contribution in [0.3, 0.4) is 0 Å². The Morgan fingerprint density at radius 1 is 0.697 bits per heavy atom. The molecule has 192 valence electrons. The van der Waals surface area contributed by atoms with Gasteiger partial charge in [0.05, 0.1) is 18.8 Å². The minimum Gasteiger partial charge on any atom is -0.394 e. The van der Waals surface area contributed by atoms with Crippen molar-refractivity contribution in [2.75, 3.05) is 6.61 Å². The van der Waals surface area contributed by atoms with Gasteiger partial charge in [0.2, 0.25) is 5.91 Å². The fourth-order valence-electron chi connectivity index (χ4n) is 3.68. The summed E-state index contributed by atoms with van der Waals surface area (Å²) in [6, 6.07) is -0.637. The average molecular weight is 464 g/mol. The van der Waals surface area contributed by atoms with E-state index in [4.69, 9.17) is 0 Å². The molecule has 0 aromatic heterocycles. The SMILES string of the molecule is CCC/C=C/CC/C=C/CC/C=C/C(O)C(CO)NC(=O)CCCCCCCCCCCC. The maximum absolute atomic E-state index is 12.1. The third-order valence-electron chi connectivity index (χ3n) is 5.83. The van der Waals surface area contributed by atoms with Gasteiger partial charge in [-0.1, -0.05) is 115 Å². The lowest BCUT2D eigenvalue weighted by atomic mass is 10.1. The first-order valence-corrected chi connectivity index (χ1v) is 13.7. The van der Waals surface area contributed by atoms with Gasteiger partial charge < -0.3 is 15.5 Å². The molecule has 0 aromatic rings. The van der Waals surface area contributed by atoms with Crippen LogP contribution in [0.2, 0.25) is 0 Å². The predicted molar refractivity (Wildman–Crippen MR) is 142 cm³/mol. The molecule has 0 bridgehead atoms. The molecule has 4 heteroatoms. The van der Waals surface area contributed by atoms with Gasteiger partial charge in [-0.25, -0.2) is 0 Å². The van der Waals surface area contributed by atoms with E-state index in [1.165, 1.54) is 57.8 Å². The number of nitrogens with one attached hydrogen (secondary N) is 1. The Balaban J connectivity index is 3.82. The van der Waals surface area contributed by atoms with Crippen LogP contribution in [0.25, 0.3) is 0 Å². The van der Waals surface area contributed by atoms with Crippen molar-refractivity contribution in [1.29, 1.82) is 0 Å². The van der Waals surface area contributed by atoms with E-state index in [9.17, 15) is 15.0 Å². The smallest absolute Gasteiger partial charge is 0.220 e. The van der Waals surface area contributed by atoms with E-state index in [1.807, 2.05) is 6.08 Å². The second-order valence-electron chi connectivity index (χ2n) is 9.09. The topological polar surface area (TPSA) is 69.6 Å². The highest BCUT2D eigenvalue weighted by Gasteiger charge is 2.17. The zero-order valence-electron chi connectivity index (χ0n) is 21.6. The summed E-state index contributed by atoms with van der Waals surface area (Å²) in [5.74, 6) is -0.0861. The lowest BCUT2D eigenvalue weighted by Crippen LogP contribution is -2.45. The predicted octanol–water partition coefficient (Wildman–Crippen LogP) is 7.16. The van der Waals surface area contributed by atoms with Gasteiger partial charge in [0.25, 0.3) is 0 Å². The zero-order valence-corrected chi connectivity index (χ0v) is 21.6. The molecule has 4 nitrogen and oxygen atoms in total. The third-order valence-corrected chi connectivity index (χ3v) is 5.83. The van der Waals surface area contributed by atoms with Crippen molar-refractivity contribution in [3.05, 3.63) is 36.5 Å². The van der Waals surface area contributed by atoms with Gasteiger partial charge in [-0.3, -0.25) is 4.79 Å². The Morgan fingerprint density at radius 2 is 1.18 bits per heavy atom. The van der Waals surface area contributed by atoms with Crippen LogP contribution in [-0.2, 0) is 4.79 Å². The lowest BCUT2D eigenvalue weighted by Gasteiger charge is -2.19. The molecule has 3 N–H and O–H groups in total. The van der Waals surface area contributed by atoms with Gasteiger partial charge >= 0.3 is 0 Å². The van der Waals surface area contributed by atoms with E-state index in [0.29, 0.717) is 6.42 Å². The molecule has 1 amide bonds. The Bertz CT molecular complexity index is 513. The molecule has 0 radical (unpaired) electrons. The van der Waals surface area contributed by atoms with E-state index < -0.39 is 12.1 Å². The minimum absolute atomic E-state index is 0.0861. The number of hydrogen-bond acceptors (Lipinski definition) is 3. The summed E-state index contributed by atoms with van der Waals surface area (Å²) >= 11 is 0. The van der Waals surface area contributed by atoms with E-state index in [2.05, 4.69) is 43.5 Å². The first kappa shape index (κ1) is 31.6. The number of aliphatic hydroxyl groups excluding tert-OH is 2. The molecule has 0 saturated carbocycles. The van der Waals surface area contributed by atoms with Crippen molar-refractivity contribution < 1.29 is 15.0 Å². The summed E-state index contributed by atoms with van der Waals surface area (Å²) in [6.07, 6.45) is 30.7. The number of amides is 1. The quantitative estimate of drug-likeness (QED) is 0.111. The number of carbonyl (C=O) groups excluding carboxylic acids is 1. The van der Waals surface area contributed by atoms with Crippen molar-refractivity contribution in [1.82, 2.24) is 5.32 Å². The number of rotatable bonds is 23. The molecule has 0 aliphatic heterocycles. The van der Waals surface area contributed by atoms with Gasteiger partial charge in [-0.2, -0.15) is 0 Å². The van der Waals surface area contributed by atoms with Crippen molar-refractivity contribution in [3.63, 3.8) is 0 Å². The summed E-state index contributed by atoms with van der Waals surface area (Å²) in [4.78, 5) is 12.1. The van der Waals surface area contributed by atoms with Crippen LogP contribution in [-0.4, -0.2) is 34.9 Å². The van der Waals surface area contributed by atoms with Crippen LogP contribution in [0.4, 0.5) is 0 Å². The second kappa shape index (κ2) is 25.2. The number of hydrogen-bond donors (Lipinski definition) is 3. The number of unbranched alkanes of at least 4 members (excludes halogenated alkanes) is 12. The van der Waals surface area contributed by atoms with Crippen LogP contribution in [0.1, 0.15) is 123 Å². The largest absolute Gasteiger partial charge is 0.394 e. The fourth-order valence-corrected chi connectivity index (χ4v) is 3.68. The summed E-state index contributed by atoms with van der Waals surface area (Å²) in [7, 11) is 0. The Kier molecular flexibility index (Phi) is 24.2. The van der Waals surface area contributed by atoms with Crippen molar-refractivity contribution >= 4 is 5.91 Å². The molecule has 0 fully saturated rings. The van der Waals surface area contributed by atoms with Crippen molar-refractivity contribution in [3.8, 4) is 0 Å².